The van der Waals surface area contributed by atoms with E-state index in [4.69, 9.17) is 4.74 Å². The molecule has 0 spiro atoms. The number of nitrogens with zero attached hydrogens (tertiary/aromatic N) is 3. The second-order valence-electron chi connectivity index (χ2n) is 6.39. The van der Waals surface area contributed by atoms with E-state index in [2.05, 4.69) is 45.7 Å². The highest BCUT2D eigenvalue weighted by atomic mass is 32.1. The van der Waals surface area contributed by atoms with Gasteiger partial charge in [-0.15, -0.1) is 11.3 Å². The van der Waals surface area contributed by atoms with E-state index in [0.29, 0.717) is 12.6 Å². The Morgan fingerprint density at radius 1 is 1.11 bits per heavy atom. The normalized spacial score (nSPS) is 12.6. The smallest absolute Gasteiger partial charge is 0.126 e. The number of imidazole rings is 1. The van der Waals surface area contributed by atoms with E-state index in [1.54, 1.807) is 17.5 Å². The van der Waals surface area contributed by atoms with E-state index in [-0.39, 0.29) is 0 Å². The van der Waals surface area contributed by atoms with Crippen LogP contribution in [-0.2, 0) is 0 Å². The molecule has 2 heterocycles. The summed E-state index contributed by atoms with van der Waals surface area (Å²) >= 11 is 1.70. The van der Waals surface area contributed by atoms with E-state index in [1.807, 2.05) is 48.9 Å². The van der Waals surface area contributed by atoms with E-state index in [1.165, 1.54) is 4.70 Å². The molecule has 4 nitrogen and oxygen atoms in total. The number of thiazole rings is 1. The van der Waals surface area contributed by atoms with Crippen molar-refractivity contribution in [2.45, 2.75) is 19.4 Å². The van der Waals surface area contributed by atoms with Crippen molar-refractivity contribution in [3.05, 3.63) is 77.8 Å². The SMILES string of the molecule is CC(CCOc1ccccc1C=Cc1nc2ccccc2s1)n1ccnc1. The fourth-order valence-electron chi connectivity index (χ4n) is 2.89. The number of hydrogen-bond donors (Lipinski definition) is 0. The summed E-state index contributed by atoms with van der Waals surface area (Å²) in [5.41, 5.74) is 2.10. The molecule has 0 aliphatic carbocycles. The largest absolute Gasteiger partial charge is 0.493 e. The summed E-state index contributed by atoms with van der Waals surface area (Å²) in [4.78, 5) is 8.75. The van der Waals surface area contributed by atoms with Crippen LogP contribution < -0.4 is 4.74 Å². The summed E-state index contributed by atoms with van der Waals surface area (Å²) < 4.78 is 9.35. The van der Waals surface area contributed by atoms with Crippen LogP contribution in [0, 0.1) is 0 Å². The van der Waals surface area contributed by atoms with Gasteiger partial charge in [-0.2, -0.15) is 0 Å². The maximum Gasteiger partial charge on any atom is 0.126 e. The lowest BCUT2D eigenvalue weighted by Crippen LogP contribution is -2.08. The molecule has 136 valence electrons. The van der Waals surface area contributed by atoms with Gasteiger partial charge in [0.15, 0.2) is 0 Å². The van der Waals surface area contributed by atoms with Crippen molar-refractivity contribution >= 4 is 33.7 Å². The van der Waals surface area contributed by atoms with Gasteiger partial charge in [-0.25, -0.2) is 9.97 Å². The lowest BCUT2D eigenvalue weighted by molar-refractivity contribution is 0.283. The molecule has 0 aliphatic rings. The van der Waals surface area contributed by atoms with Gasteiger partial charge in [0.25, 0.3) is 0 Å². The van der Waals surface area contributed by atoms with Crippen LogP contribution in [0.3, 0.4) is 0 Å². The topological polar surface area (TPSA) is 39.9 Å². The van der Waals surface area contributed by atoms with Crippen LogP contribution in [0.4, 0.5) is 0 Å². The molecule has 4 rings (SSSR count). The van der Waals surface area contributed by atoms with Gasteiger partial charge in [0.2, 0.25) is 0 Å². The summed E-state index contributed by atoms with van der Waals surface area (Å²) in [6.07, 6.45) is 10.7. The van der Waals surface area contributed by atoms with Crippen molar-refractivity contribution in [2.24, 2.45) is 0 Å². The van der Waals surface area contributed by atoms with E-state index in [9.17, 15) is 0 Å². The van der Waals surface area contributed by atoms with Gasteiger partial charge in [-0.1, -0.05) is 30.3 Å². The van der Waals surface area contributed by atoms with Crippen molar-refractivity contribution in [2.75, 3.05) is 6.61 Å². The zero-order valence-corrected chi connectivity index (χ0v) is 16.0. The lowest BCUT2D eigenvalue weighted by Gasteiger charge is -2.14. The van der Waals surface area contributed by atoms with Crippen molar-refractivity contribution in [3.63, 3.8) is 0 Å². The molecule has 5 heteroatoms. The average Bonchev–Trinajstić information content (AvgIpc) is 3.36. The van der Waals surface area contributed by atoms with Gasteiger partial charge in [-0.05, 0) is 37.3 Å². The van der Waals surface area contributed by atoms with E-state index < -0.39 is 0 Å². The van der Waals surface area contributed by atoms with Crippen LogP contribution in [0.2, 0.25) is 0 Å². The third kappa shape index (κ3) is 4.26. The number of hydrogen-bond acceptors (Lipinski definition) is 4. The minimum absolute atomic E-state index is 0.359. The molecule has 0 radical (unpaired) electrons. The van der Waals surface area contributed by atoms with E-state index in [0.717, 1.165) is 28.3 Å². The third-order valence-electron chi connectivity index (χ3n) is 4.46. The molecule has 0 saturated heterocycles. The molecule has 2 aromatic carbocycles. The number of fused-ring (bicyclic) bond motifs is 1. The fraction of sp³-hybridized carbons (Fsp3) is 0.182. The summed E-state index contributed by atoms with van der Waals surface area (Å²) in [6.45, 7) is 2.83. The Morgan fingerprint density at radius 2 is 1.96 bits per heavy atom. The zero-order valence-electron chi connectivity index (χ0n) is 15.2. The molecule has 0 saturated carbocycles. The van der Waals surface area contributed by atoms with Gasteiger partial charge < -0.3 is 9.30 Å². The Bertz CT molecular complexity index is 1000. The van der Waals surface area contributed by atoms with Gasteiger partial charge in [0.05, 0.1) is 23.2 Å². The third-order valence-corrected chi connectivity index (χ3v) is 5.46. The predicted molar refractivity (Wildman–Crippen MR) is 112 cm³/mol. The monoisotopic (exact) mass is 375 g/mol. The standard InChI is InChI=1S/C22H21N3OS/c1-17(25-14-13-23-16-25)12-15-26-20-8-4-2-6-18(20)10-11-22-24-19-7-3-5-9-21(19)27-22/h2-11,13-14,16-17H,12,15H2,1H3. The van der Waals surface area contributed by atoms with Crippen LogP contribution in [-0.4, -0.2) is 21.1 Å². The number of benzene rings is 2. The van der Waals surface area contributed by atoms with Crippen molar-refractivity contribution in [3.8, 4) is 5.75 Å². The van der Waals surface area contributed by atoms with Gasteiger partial charge in [0, 0.05) is 30.4 Å². The van der Waals surface area contributed by atoms with Crippen LogP contribution >= 0.6 is 11.3 Å². The Hall–Kier alpha value is -2.92. The molecular formula is C22H21N3OS. The van der Waals surface area contributed by atoms with Crippen molar-refractivity contribution < 1.29 is 4.74 Å². The first-order chi connectivity index (χ1) is 13.3. The Labute approximate surface area is 162 Å². The van der Waals surface area contributed by atoms with Gasteiger partial charge in [0.1, 0.15) is 10.8 Å². The highest BCUT2D eigenvalue weighted by Gasteiger charge is 2.06. The molecule has 4 aromatic rings. The predicted octanol–water partition coefficient (Wildman–Crippen LogP) is 5.69. The van der Waals surface area contributed by atoms with Crippen LogP contribution in [0.15, 0.2) is 67.3 Å². The number of rotatable bonds is 7. The maximum absolute atomic E-state index is 6.05. The van der Waals surface area contributed by atoms with Crippen LogP contribution in [0.1, 0.15) is 30.0 Å². The molecule has 27 heavy (non-hydrogen) atoms. The Kier molecular flexibility index (Phi) is 5.30. The minimum atomic E-state index is 0.359. The molecule has 2 aromatic heterocycles. The quantitative estimate of drug-likeness (QED) is 0.416. The summed E-state index contributed by atoms with van der Waals surface area (Å²) in [5.74, 6) is 0.896. The average molecular weight is 375 g/mol. The lowest BCUT2D eigenvalue weighted by atomic mass is 10.2. The molecule has 0 aliphatic heterocycles. The zero-order chi connectivity index (χ0) is 18.5. The molecule has 1 atom stereocenters. The summed E-state index contributed by atoms with van der Waals surface area (Å²) in [7, 11) is 0. The highest BCUT2D eigenvalue weighted by Crippen LogP contribution is 2.25. The summed E-state index contributed by atoms with van der Waals surface area (Å²) in [5, 5.41) is 1.000. The van der Waals surface area contributed by atoms with E-state index >= 15 is 0 Å². The first kappa shape index (κ1) is 17.5. The molecule has 1 unspecified atom stereocenters. The fourth-order valence-corrected chi connectivity index (χ4v) is 3.76. The number of ether oxygens (including phenoxy) is 1. The van der Waals surface area contributed by atoms with Crippen molar-refractivity contribution in [1.82, 2.24) is 14.5 Å². The first-order valence-corrected chi connectivity index (χ1v) is 9.84. The molecular weight excluding hydrogens is 354 g/mol. The molecule has 0 fully saturated rings. The molecule has 0 amide bonds. The van der Waals surface area contributed by atoms with Gasteiger partial charge >= 0.3 is 0 Å². The second-order valence-corrected chi connectivity index (χ2v) is 7.45. The van der Waals surface area contributed by atoms with Crippen LogP contribution in [0.5, 0.6) is 5.75 Å². The molecule has 0 bridgehead atoms. The Morgan fingerprint density at radius 3 is 2.81 bits per heavy atom. The summed E-state index contributed by atoms with van der Waals surface area (Å²) in [6, 6.07) is 16.7. The van der Waals surface area contributed by atoms with Crippen molar-refractivity contribution in [1.29, 1.82) is 0 Å². The maximum atomic E-state index is 6.05. The van der Waals surface area contributed by atoms with Crippen LogP contribution in [0.25, 0.3) is 22.4 Å². The highest BCUT2D eigenvalue weighted by molar-refractivity contribution is 7.19. The van der Waals surface area contributed by atoms with Gasteiger partial charge in [-0.3, -0.25) is 0 Å². The molecule has 0 N–H and O–H groups in total. The first-order valence-electron chi connectivity index (χ1n) is 9.02. The minimum Gasteiger partial charge on any atom is -0.493 e. The Balaban J connectivity index is 1.43. The second kappa shape index (κ2) is 8.18. The number of para-hydroxylation sites is 2. The number of aromatic nitrogens is 3.